The minimum Gasteiger partial charge on any atom is -0.321 e. The molecule has 0 bridgehead atoms. The Morgan fingerprint density at radius 3 is 2.76 bits per heavy atom. The van der Waals surface area contributed by atoms with Gasteiger partial charge in [-0.05, 0) is 43.7 Å². The molecule has 4 nitrogen and oxygen atoms in total. The molecule has 0 saturated carbocycles. The van der Waals surface area contributed by atoms with E-state index < -0.39 is 0 Å². The highest BCUT2D eigenvalue weighted by atomic mass is 19.1. The summed E-state index contributed by atoms with van der Waals surface area (Å²) < 4.78 is 15.3. The summed E-state index contributed by atoms with van der Waals surface area (Å²) in [6.45, 7) is 3.61. The number of carbonyl (C=O) groups is 1. The molecule has 0 aliphatic rings. The Labute approximate surface area is 121 Å². The summed E-state index contributed by atoms with van der Waals surface area (Å²) in [5, 5.41) is 2.65. The lowest BCUT2D eigenvalue weighted by Crippen LogP contribution is -2.12. The number of nitrogens with one attached hydrogen (secondary N) is 1. The highest BCUT2D eigenvalue weighted by Crippen LogP contribution is 2.15. The molecule has 1 amide bonds. The smallest absolute Gasteiger partial charge is 0.275 e. The summed E-state index contributed by atoms with van der Waals surface area (Å²) in [5.41, 5.74) is 2.94. The number of anilines is 1. The highest BCUT2D eigenvalue weighted by molar-refractivity contribution is 6.03. The van der Waals surface area contributed by atoms with Crippen molar-refractivity contribution in [3.63, 3.8) is 0 Å². The van der Waals surface area contributed by atoms with Crippen LogP contribution in [0.1, 0.15) is 21.7 Å². The van der Waals surface area contributed by atoms with Gasteiger partial charge in [0.2, 0.25) is 0 Å². The highest BCUT2D eigenvalue weighted by Gasteiger charge is 2.12. The molecule has 1 N–H and O–H groups in total. The maximum absolute atomic E-state index is 13.5. The minimum atomic E-state index is -0.360. The van der Waals surface area contributed by atoms with Crippen LogP contribution in [0.25, 0.3) is 5.65 Å². The Hall–Kier alpha value is -2.69. The van der Waals surface area contributed by atoms with Gasteiger partial charge in [-0.2, -0.15) is 0 Å². The maximum atomic E-state index is 13.5. The molecule has 0 radical (unpaired) electrons. The molecule has 0 aliphatic heterocycles. The molecule has 2 heterocycles. The summed E-state index contributed by atoms with van der Waals surface area (Å²) in [7, 11) is 0. The Bertz CT molecular complexity index is 839. The van der Waals surface area contributed by atoms with Crippen molar-refractivity contribution in [3.05, 3.63) is 65.4 Å². The number of hydrogen-bond acceptors (Lipinski definition) is 2. The van der Waals surface area contributed by atoms with Crippen molar-refractivity contribution in [2.45, 2.75) is 13.8 Å². The van der Waals surface area contributed by atoms with Crippen LogP contribution in [-0.2, 0) is 0 Å². The van der Waals surface area contributed by atoms with Crippen molar-refractivity contribution in [2.75, 3.05) is 5.32 Å². The summed E-state index contributed by atoms with van der Waals surface area (Å²) >= 11 is 0. The monoisotopic (exact) mass is 283 g/mol. The molecule has 106 valence electrons. The van der Waals surface area contributed by atoms with Crippen LogP contribution in [0.15, 0.2) is 42.6 Å². The third-order valence-electron chi connectivity index (χ3n) is 3.36. The standard InChI is InChI=1S/C16H14FN3O/c1-10-6-7-12(8-13(10)17)18-16(21)14-9-20-11(2)4-3-5-15(20)19-14/h3-9H,1-2H3,(H,18,21). The van der Waals surface area contributed by atoms with Gasteiger partial charge in [0.1, 0.15) is 17.2 Å². The summed E-state index contributed by atoms with van der Waals surface area (Å²) in [4.78, 5) is 16.4. The SMILES string of the molecule is Cc1ccc(NC(=O)c2cn3c(C)cccc3n2)cc1F. The molecule has 21 heavy (non-hydrogen) atoms. The van der Waals surface area contributed by atoms with E-state index in [9.17, 15) is 9.18 Å². The average molecular weight is 283 g/mol. The van der Waals surface area contributed by atoms with Crippen LogP contribution in [-0.4, -0.2) is 15.3 Å². The van der Waals surface area contributed by atoms with E-state index in [0.717, 1.165) is 5.69 Å². The molecule has 0 saturated heterocycles. The number of pyridine rings is 1. The molecular weight excluding hydrogens is 269 g/mol. The number of nitrogens with zero attached hydrogens (tertiary/aromatic N) is 2. The zero-order valence-electron chi connectivity index (χ0n) is 11.7. The first-order valence-electron chi connectivity index (χ1n) is 6.57. The molecule has 3 aromatic rings. The van der Waals surface area contributed by atoms with E-state index in [-0.39, 0.29) is 11.7 Å². The Kier molecular flexibility index (Phi) is 3.17. The molecular formula is C16H14FN3O. The van der Waals surface area contributed by atoms with Crippen LogP contribution < -0.4 is 5.32 Å². The normalized spacial score (nSPS) is 10.8. The number of halogens is 1. The molecule has 0 fully saturated rings. The number of carbonyl (C=O) groups excluding carboxylic acids is 1. The van der Waals surface area contributed by atoms with Gasteiger partial charge in [0.05, 0.1) is 0 Å². The quantitative estimate of drug-likeness (QED) is 0.784. The van der Waals surface area contributed by atoms with Gasteiger partial charge in [-0.25, -0.2) is 9.37 Å². The maximum Gasteiger partial charge on any atom is 0.275 e. The second kappa shape index (κ2) is 5.01. The van der Waals surface area contributed by atoms with E-state index in [4.69, 9.17) is 0 Å². The molecule has 0 atom stereocenters. The Morgan fingerprint density at radius 1 is 1.24 bits per heavy atom. The lowest BCUT2D eigenvalue weighted by molar-refractivity contribution is 0.102. The molecule has 1 aromatic carbocycles. The van der Waals surface area contributed by atoms with Gasteiger partial charge in [0.15, 0.2) is 0 Å². The number of aromatic nitrogens is 2. The Morgan fingerprint density at radius 2 is 2.05 bits per heavy atom. The van der Waals surface area contributed by atoms with Crippen molar-refractivity contribution in [1.82, 2.24) is 9.38 Å². The second-order valence-corrected chi connectivity index (χ2v) is 4.94. The molecule has 2 aromatic heterocycles. The van der Waals surface area contributed by atoms with Crippen molar-refractivity contribution in [2.24, 2.45) is 0 Å². The van der Waals surface area contributed by atoms with Gasteiger partial charge in [-0.1, -0.05) is 12.1 Å². The van der Waals surface area contributed by atoms with E-state index in [1.165, 1.54) is 6.07 Å². The van der Waals surface area contributed by atoms with Gasteiger partial charge in [0.25, 0.3) is 5.91 Å². The van der Waals surface area contributed by atoms with E-state index in [1.807, 2.05) is 29.5 Å². The molecule has 0 spiro atoms. The summed E-state index contributed by atoms with van der Waals surface area (Å²) in [6.07, 6.45) is 1.67. The van der Waals surface area contributed by atoms with Crippen molar-refractivity contribution < 1.29 is 9.18 Å². The van der Waals surface area contributed by atoms with Crippen molar-refractivity contribution >= 4 is 17.2 Å². The van der Waals surface area contributed by atoms with Crippen LogP contribution in [0, 0.1) is 19.7 Å². The van der Waals surface area contributed by atoms with Crippen LogP contribution in [0.2, 0.25) is 0 Å². The zero-order valence-corrected chi connectivity index (χ0v) is 11.7. The summed E-state index contributed by atoms with van der Waals surface area (Å²) in [5.74, 6) is -0.708. The van der Waals surface area contributed by atoms with Crippen molar-refractivity contribution in [1.29, 1.82) is 0 Å². The molecule has 0 aliphatic carbocycles. The van der Waals surface area contributed by atoms with Crippen LogP contribution in [0.3, 0.4) is 0 Å². The third-order valence-corrected chi connectivity index (χ3v) is 3.36. The number of fused-ring (bicyclic) bond motifs is 1. The van der Waals surface area contributed by atoms with Gasteiger partial charge >= 0.3 is 0 Å². The minimum absolute atomic E-state index is 0.297. The Balaban J connectivity index is 1.90. The van der Waals surface area contributed by atoms with Crippen LogP contribution in [0.4, 0.5) is 10.1 Å². The van der Waals surface area contributed by atoms with Gasteiger partial charge in [-0.15, -0.1) is 0 Å². The number of imidazole rings is 1. The predicted molar refractivity (Wildman–Crippen MR) is 79.0 cm³/mol. The number of rotatable bonds is 2. The van der Waals surface area contributed by atoms with Gasteiger partial charge in [0, 0.05) is 17.6 Å². The number of benzene rings is 1. The van der Waals surface area contributed by atoms with E-state index >= 15 is 0 Å². The number of hydrogen-bond donors (Lipinski definition) is 1. The molecule has 3 rings (SSSR count). The van der Waals surface area contributed by atoms with E-state index in [1.54, 1.807) is 25.3 Å². The summed E-state index contributed by atoms with van der Waals surface area (Å²) in [6, 6.07) is 10.2. The van der Waals surface area contributed by atoms with Crippen molar-refractivity contribution in [3.8, 4) is 0 Å². The fraction of sp³-hybridized carbons (Fsp3) is 0.125. The van der Waals surface area contributed by atoms with Gasteiger partial charge in [-0.3, -0.25) is 4.79 Å². The number of amides is 1. The largest absolute Gasteiger partial charge is 0.321 e. The second-order valence-electron chi connectivity index (χ2n) is 4.94. The van der Waals surface area contributed by atoms with Gasteiger partial charge < -0.3 is 9.72 Å². The first kappa shape index (κ1) is 13.3. The predicted octanol–water partition coefficient (Wildman–Crippen LogP) is 3.34. The fourth-order valence-corrected chi connectivity index (χ4v) is 2.12. The first-order valence-corrected chi connectivity index (χ1v) is 6.57. The molecule has 5 heteroatoms. The molecule has 0 unspecified atom stereocenters. The number of aryl methyl sites for hydroxylation is 2. The van der Waals surface area contributed by atoms with Crippen LogP contribution >= 0.6 is 0 Å². The lowest BCUT2D eigenvalue weighted by Gasteiger charge is -2.04. The zero-order chi connectivity index (χ0) is 15.0. The average Bonchev–Trinajstić information content (AvgIpc) is 2.89. The third kappa shape index (κ3) is 2.50. The first-order chi connectivity index (χ1) is 10.0. The lowest BCUT2D eigenvalue weighted by atomic mass is 10.2. The van der Waals surface area contributed by atoms with E-state index in [0.29, 0.717) is 22.6 Å². The fourth-order valence-electron chi connectivity index (χ4n) is 2.12. The van der Waals surface area contributed by atoms with Crippen LogP contribution in [0.5, 0.6) is 0 Å². The topological polar surface area (TPSA) is 46.4 Å². The van der Waals surface area contributed by atoms with E-state index in [2.05, 4.69) is 10.3 Å².